The van der Waals surface area contributed by atoms with Gasteiger partial charge in [0.2, 0.25) is 0 Å². The lowest BCUT2D eigenvalue weighted by Gasteiger charge is -2.35. The molecule has 0 radical (unpaired) electrons. The first-order valence-electron chi connectivity index (χ1n) is 7.33. The number of aromatic nitrogens is 1. The van der Waals surface area contributed by atoms with Crippen molar-refractivity contribution in [2.75, 3.05) is 20.2 Å². The fourth-order valence-electron chi connectivity index (χ4n) is 2.41. The quantitative estimate of drug-likeness (QED) is 0.793. The van der Waals surface area contributed by atoms with E-state index in [4.69, 9.17) is 10.5 Å². The molecule has 0 aliphatic rings. The molecule has 1 atom stereocenters. The van der Waals surface area contributed by atoms with Gasteiger partial charge >= 0.3 is 0 Å². The van der Waals surface area contributed by atoms with Crippen LogP contribution in [0.15, 0.2) is 18.2 Å². The maximum atomic E-state index is 5.98. The number of methoxy groups -OCH3 is 1. The smallest absolute Gasteiger partial charge is 0.0638 e. The van der Waals surface area contributed by atoms with Gasteiger partial charge in [0.15, 0.2) is 0 Å². The van der Waals surface area contributed by atoms with Crippen molar-refractivity contribution in [3.05, 3.63) is 29.6 Å². The molecule has 1 unspecified atom stereocenters. The van der Waals surface area contributed by atoms with Crippen LogP contribution in [0.5, 0.6) is 0 Å². The zero-order valence-corrected chi connectivity index (χ0v) is 13.5. The minimum Gasteiger partial charge on any atom is -0.379 e. The average Bonchev–Trinajstić information content (AvgIpc) is 2.42. The summed E-state index contributed by atoms with van der Waals surface area (Å²) in [7, 11) is 1.76. The number of rotatable bonds is 8. The number of aryl methyl sites for hydroxylation is 1. The highest BCUT2D eigenvalue weighted by Gasteiger charge is 2.26. The zero-order valence-electron chi connectivity index (χ0n) is 13.5. The first-order chi connectivity index (χ1) is 9.41. The molecule has 1 rings (SSSR count). The number of nitrogens with zero attached hydrogens (tertiary/aromatic N) is 2. The lowest BCUT2D eigenvalue weighted by Crippen LogP contribution is -2.45. The first kappa shape index (κ1) is 17.1. The summed E-state index contributed by atoms with van der Waals surface area (Å²) < 4.78 is 5.54. The second-order valence-electron chi connectivity index (χ2n) is 5.89. The van der Waals surface area contributed by atoms with Crippen LogP contribution in [0.1, 0.15) is 38.6 Å². The van der Waals surface area contributed by atoms with Gasteiger partial charge in [-0.3, -0.25) is 9.88 Å². The molecule has 0 aromatic carbocycles. The van der Waals surface area contributed by atoms with Crippen molar-refractivity contribution in [3.63, 3.8) is 0 Å². The van der Waals surface area contributed by atoms with Crippen molar-refractivity contribution in [3.8, 4) is 0 Å². The minimum absolute atomic E-state index is 0.155. The van der Waals surface area contributed by atoms with Gasteiger partial charge in [0.25, 0.3) is 0 Å². The molecule has 1 heterocycles. The summed E-state index contributed by atoms with van der Waals surface area (Å²) in [5.41, 5.74) is 7.98. The Labute approximate surface area is 123 Å². The maximum absolute atomic E-state index is 5.98. The second kappa shape index (κ2) is 7.72. The van der Waals surface area contributed by atoms with Gasteiger partial charge in [-0.1, -0.05) is 13.0 Å². The minimum atomic E-state index is -0.155. The third kappa shape index (κ3) is 5.19. The topological polar surface area (TPSA) is 51.4 Å². The molecule has 20 heavy (non-hydrogen) atoms. The molecule has 0 saturated heterocycles. The van der Waals surface area contributed by atoms with E-state index in [0.29, 0.717) is 12.6 Å². The highest BCUT2D eigenvalue weighted by Crippen LogP contribution is 2.20. The molecule has 0 saturated carbocycles. The molecular formula is C16H29N3O. The summed E-state index contributed by atoms with van der Waals surface area (Å²) in [6.45, 7) is 10.8. The van der Waals surface area contributed by atoms with Crippen LogP contribution < -0.4 is 5.73 Å². The molecule has 0 bridgehead atoms. The molecular weight excluding hydrogens is 250 g/mol. The number of likely N-dealkylation sites (N-methyl/N-ethyl adjacent to an activating group) is 1. The van der Waals surface area contributed by atoms with Crippen molar-refractivity contribution < 1.29 is 4.74 Å². The Morgan fingerprint density at radius 1 is 1.40 bits per heavy atom. The number of ether oxygens (including phenoxy) is 1. The van der Waals surface area contributed by atoms with Crippen molar-refractivity contribution in [2.24, 2.45) is 5.73 Å². The van der Waals surface area contributed by atoms with Crippen LogP contribution >= 0.6 is 0 Å². The van der Waals surface area contributed by atoms with Gasteiger partial charge in [0.05, 0.1) is 11.3 Å². The second-order valence-corrected chi connectivity index (χ2v) is 5.89. The number of hydrogen-bond acceptors (Lipinski definition) is 4. The lowest BCUT2D eigenvalue weighted by atomic mass is 9.97. The SMILES string of the molecule is CCN(Cc1cccc(C)n1)C(CN)CC(C)(C)OC. The van der Waals surface area contributed by atoms with E-state index >= 15 is 0 Å². The molecule has 2 N–H and O–H groups in total. The average molecular weight is 279 g/mol. The van der Waals surface area contributed by atoms with E-state index in [0.717, 1.165) is 30.9 Å². The standard InChI is InChI=1S/C16H29N3O/c1-6-19(12-14-9-7-8-13(2)18-14)15(11-17)10-16(3,4)20-5/h7-9,15H,6,10-12,17H2,1-5H3. The van der Waals surface area contributed by atoms with Crippen molar-refractivity contribution in [2.45, 2.75) is 52.3 Å². The number of pyridine rings is 1. The highest BCUT2D eigenvalue weighted by atomic mass is 16.5. The maximum Gasteiger partial charge on any atom is 0.0638 e. The van der Waals surface area contributed by atoms with Crippen LogP contribution in [0, 0.1) is 6.92 Å². The highest BCUT2D eigenvalue weighted by molar-refractivity contribution is 5.10. The van der Waals surface area contributed by atoms with Gasteiger partial charge in [-0.15, -0.1) is 0 Å². The molecule has 1 aromatic heterocycles. The summed E-state index contributed by atoms with van der Waals surface area (Å²) in [5, 5.41) is 0. The predicted octanol–water partition coefficient (Wildman–Crippen LogP) is 2.35. The normalized spacial score (nSPS) is 13.8. The Morgan fingerprint density at radius 3 is 2.60 bits per heavy atom. The van der Waals surface area contributed by atoms with Gasteiger partial charge in [-0.05, 0) is 45.9 Å². The van der Waals surface area contributed by atoms with E-state index in [1.54, 1.807) is 7.11 Å². The fourth-order valence-corrected chi connectivity index (χ4v) is 2.41. The van der Waals surface area contributed by atoms with E-state index in [1.807, 2.05) is 13.0 Å². The number of nitrogens with two attached hydrogens (primary N) is 1. The summed E-state index contributed by atoms with van der Waals surface area (Å²) in [6.07, 6.45) is 0.916. The van der Waals surface area contributed by atoms with Crippen LogP contribution in [0.2, 0.25) is 0 Å². The Bertz CT molecular complexity index is 406. The van der Waals surface area contributed by atoms with E-state index in [2.05, 4.69) is 42.8 Å². The molecule has 0 amide bonds. The van der Waals surface area contributed by atoms with Crippen LogP contribution in [0.25, 0.3) is 0 Å². The number of hydrogen-bond donors (Lipinski definition) is 1. The Balaban J connectivity index is 2.77. The molecule has 0 fully saturated rings. The molecule has 0 aliphatic heterocycles. The Hall–Kier alpha value is -0.970. The summed E-state index contributed by atoms with van der Waals surface area (Å²) >= 11 is 0. The van der Waals surface area contributed by atoms with E-state index in [9.17, 15) is 0 Å². The van der Waals surface area contributed by atoms with Crippen LogP contribution in [-0.2, 0) is 11.3 Å². The van der Waals surface area contributed by atoms with E-state index in [1.165, 1.54) is 0 Å². The van der Waals surface area contributed by atoms with Gasteiger partial charge in [0, 0.05) is 31.9 Å². The molecule has 4 heteroatoms. The molecule has 1 aromatic rings. The summed E-state index contributed by atoms with van der Waals surface area (Å²) in [4.78, 5) is 6.96. The molecule has 0 aliphatic carbocycles. The molecule has 4 nitrogen and oxygen atoms in total. The predicted molar refractivity (Wildman–Crippen MR) is 83.6 cm³/mol. The summed E-state index contributed by atoms with van der Waals surface area (Å²) in [5.74, 6) is 0. The van der Waals surface area contributed by atoms with E-state index < -0.39 is 0 Å². The molecule has 114 valence electrons. The van der Waals surface area contributed by atoms with Gasteiger partial charge in [-0.25, -0.2) is 0 Å². The van der Waals surface area contributed by atoms with Crippen LogP contribution in [0.4, 0.5) is 0 Å². The van der Waals surface area contributed by atoms with Crippen molar-refractivity contribution in [1.29, 1.82) is 0 Å². The summed E-state index contributed by atoms with van der Waals surface area (Å²) in [6, 6.07) is 6.46. The van der Waals surface area contributed by atoms with Crippen molar-refractivity contribution >= 4 is 0 Å². The lowest BCUT2D eigenvalue weighted by molar-refractivity contribution is -0.00832. The van der Waals surface area contributed by atoms with Crippen LogP contribution in [-0.4, -0.2) is 41.7 Å². The first-order valence-corrected chi connectivity index (χ1v) is 7.33. The Kier molecular flexibility index (Phi) is 6.59. The van der Waals surface area contributed by atoms with Crippen LogP contribution in [0.3, 0.4) is 0 Å². The monoisotopic (exact) mass is 279 g/mol. The fraction of sp³-hybridized carbons (Fsp3) is 0.688. The third-order valence-electron chi connectivity index (χ3n) is 3.79. The Morgan fingerprint density at radius 2 is 2.10 bits per heavy atom. The third-order valence-corrected chi connectivity index (χ3v) is 3.79. The van der Waals surface area contributed by atoms with E-state index in [-0.39, 0.29) is 5.60 Å². The van der Waals surface area contributed by atoms with Gasteiger partial charge in [0.1, 0.15) is 0 Å². The van der Waals surface area contributed by atoms with Crippen molar-refractivity contribution in [1.82, 2.24) is 9.88 Å². The zero-order chi connectivity index (χ0) is 15.2. The largest absolute Gasteiger partial charge is 0.379 e. The van der Waals surface area contributed by atoms with Gasteiger partial charge in [-0.2, -0.15) is 0 Å². The molecule has 0 spiro atoms. The van der Waals surface area contributed by atoms with Gasteiger partial charge < -0.3 is 10.5 Å².